The van der Waals surface area contributed by atoms with Gasteiger partial charge in [0.25, 0.3) is 10.0 Å². The summed E-state index contributed by atoms with van der Waals surface area (Å²) in [5.74, 6) is 0.0904. The van der Waals surface area contributed by atoms with Crippen LogP contribution in [0.5, 0.6) is 0 Å². The Morgan fingerprint density at radius 3 is 2.80 bits per heavy atom. The highest BCUT2D eigenvalue weighted by molar-refractivity contribution is 7.93. The lowest BCUT2D eigenvalue weighted by atomic mass is 10.3. The van der Waals surface area contributed by atoms with Crippen LogP contribution in [0.1, 0.15) is 0 Å². The molecule has 0 fully saturated rings. The number of aromatic amines is 1. The molecule has 0 radical (unpaired) electrons. The molecule has 0 aliphatic rings. The maximum absolute atomic E-state index is 12.3. The maximum Gasteiger partial charge on any atom is 0.265 e. The van der Waals surface area contributed by atoms with E-state index in [1.807, 2.05) is 0 Å². The molecule has 20 heavy (non-hydrogen) atoms. The first-order valence-corrected chi connectivity index (χ1v) is 7.36. The molecule has 0 saturated heterocycles. The quantitative estimate of drug-likeness (QED) is 0.768. The van der Waals surface area contributed by atoms with Crippen LogP contribution in [0.3, 0.4) is 0 Å². The molecule has 3 aromatic rings. The van der Waals surface area contributed by atoms with E-state index >= 15 is 0 Å². The number of nitrogens with zero attached hydrogens (tertiary/aromatic N) is 3. The van der Waals surface area contributed by atoms with E-state index in [0.717, 1.165) is 0 Å². The minimum Gasteiger partial charge on any atom is -0.345 e. The van der Waals surface area contributed by atoms with Crippen molar-refractivity contribution in [2.75, 3.05) is 4.72 Å². The van der Waals surface area contributed by atoms with E-state index in [9.17, 15) is 8.42 Å². The van der Waals surface area contributed by atoms with Gasteiger partial charge in [-0.3, -0.25) is 4.72 Å². The van der Waals surface area contributed by atoms with Gasteiger partial charge in [0.15, 0.2) is 11.0 Å². The third kappa shape index (κ3) is 2.30. The van der Waals surface area contributed by atoms with E-state index in [4.69, 9.17) is 11.6 Å². The highest BCUT2D eigenvalue weighted by atomic mass is 35.5. The van der Waals surface area contributed by atoms with Crippen molar-refractivity contribution in [1.29, 1.82) is 0 Å². The normalized spacial score (nSPS) is 11.7. The molecule has 0 aliphatic carbocycles. The molecular weight excluding hydrogens is 302 g/mol. The fourth-order valence-electron chi connectivity index (χ4n) is 1.72. The van der Waals surface area contributed by atoms with E-state index < -0.39 is 10.0 Å². The molecule has 2 N–H and O–H groups in total. The lowest BCUT2D eigenvalue weighted by Gasteiger charge is -2.05. The van der Waals surface area contributed by atoms with Crippen LogP contribution in [0, 0.1) is 0 Å². The van der Waals surface area contributed by atoms with Crippen molar-refractivity contribution in [1.82, 2.24) is 20.2 Å². The molecule has 0 saturated carbocycles. The molecule has 0 aliphatic heterocycles. The average Bonchev–Trinajstić information content (AvgIpc) is 2.86. The highest BCUT2D eigenvalue weighted by Gasteiger charge is 2.20. The topological polar surface area (TPSA) is 101 Å². The minimum atomic E-state index is -3.78. The fourth-order valence-corrected chi connectivity index (χ4v) is 2.98. The number of pyridine rings is 1. The second-order valence-corrected chi connectivity index (χ2v) is 5.94. The van der Waals surface area contributed by atoms with Gasteiger partial charge in [0.05, 0.1) is 0 Å². The summed E-state index contributed by atoms with van der Waals surface area (Å²) in [4.78, 5) is 6.94. The predicted molar refractivity (Wildman–Crippen MR) is 73.9 cm³/mol. The molecule has 3 aromatic heterocycles. The van der Waals surface area contributed by atoms with E-state index in [1.165, 1.54) is 18.3 Å². The monoisotopic (exact) mass is 309 g/mol. The van der Waals surface area contributed by atoms with E-state index in [1.54, 1.807) is 18.3 Å². The van der Waals surface area contributed by atoms with Gasteiger partial charge in [-0.15, -0.1) is 10.2 Å². The third-order valence-electron chi connectivity index (χ3n) is 2.57. The van der Waals surface area contributed by atoms with Crippen LogP contribution in [0.4, 0.5) is 5.82 Å². The molecule has 0 unspecified atom stereocenters. The van der Waals surface area contributed by atoms with Gasteiger partial charge in [-0.25, -0.2) is 13.4 Å². The summed E-state index contributed by atoms with van der Waals surface area (Å²) >= 11 is 5.60. The van der Waals surface area contributed by atoms with Crippen LogP contribution < -0.4 is 4.72 Å². The number of sulfonamides is 1. The van der Waals surface area contributed by atoms with Crippen molar-refractivity contribution in [2.24, 2.45) is 0 Å². The highest BCUT2D eigenvalue weighted by Crippen LogP contribution is 2.22. The number of hydrogen-bond acceptors (Lipinski definition) is 5. The molecule has 0 aromatic carbocycles. The van der Waals surface area contributed by atoms with Crippen molar-refractivity contribution in [3.05, 3.63) is 41.8 Å². The predicted octanol–water partition coefficient (Wildman–Crippen LogP) is 1.81. The summed E-state index contributed by atoms with van der Waals surface area (Å²) in [5, 5.41) is 7.92. The molecule has 7 nitrogen and oxygen atoms in total. The first-order chi connectivity index (χ1) is 9.56. The largest absolute Gasteiger partial charge is 0.345 e. The zero-order valence-corrected chi connectivity index (χ0v) is 11.5. The Labute approximate surface area is 119 Å². The summed E-state index contributed by atoms with van der Waals surface area (Å²) in [6, 6.07) is 6.21. The lowest BCUT2D eigenvalue weighted by molar-refractivity contribution is 0.601. The van der Waals surface area contributed by atoms with E-state index in [2.05, 4.69) is 24.9 Å². The summed E-state index contributed by atoms with van der Waals surface area (Å²) in [6.07, 6.45) is 2.96. The number of H-pyrrole nitrogens is 1. The van der Waals surface area contributed by atoms with Crippen LogP contribution in [0.25, 0.3) is 11.0 Å². The van der Waals surface area contributed by atoms with Gasteiger partial charge in [0, 0.05) is 17.8 Å². The fraction of sp³-hybridized carbons (Fsp3) is 0. The second-order valence-electron chi connectivity index (χ2n) is 3.90. The summed E-state index contributed by atoms with van der Waals surface area (Å²) in [7, 11) is -3.78. The molecule has 0 amide bonds. The van der Waals surface area contributed by atoms with Gasteiger partial charge >= 0.3 is 0 Å². The van der Waals surface area contributed by atoms with Gasteiger partial charge < -0.3 is 4.98 Å². The molecule has 0 atom stereocenters. The Hall–Kier alpha value is -2.19. The zero-order valence-electron chi connectivity index (χ0n) is 9.91. The van der Waals surface area contributed by atoms with Crippen molar-refractivity contribution >= 4 is 38.5 Å². The van der Waals surface area contributed by atoms with Gasteiger partial charge in [-0.05, 0) is 24.3 Å². The van der Waals surface area contributed by atoms with Crippen LogP contribution in [-0.4, -0.2) is 28.6 Å². The van der Waals surface area contributed by atoms with Crippen LogP contribution in [-0.2, 0) is 10.0 Å². The molecule has 3 rings (SSSR count). The van der Waals surface area contributed by atoms with Gasteiger partial charge in [-0.1, -0.05) is 11.6 Å². The maximum atomic E-state index is 12.3. The second kappa shape index (κ2) is 4.73. The van der Waals surface area contributed by atoms with Crippen molar-refractivity contribution in [3.8, 4) is 0 Å². The molecule has 102 valence electrons. The molecule has 0 spiro atoms. The molecular formula is C11H8ClN5O2S. The number of fused-ring (bicyclic) bond motifs is 1. The Morgan fingerprint density at radius 2 is 2.05 bits per heavy atom. The van der Waals surface area contributed by atoms with Gasteiger partial charge in [0.2, 0.25) is 0 Å². The number of halogens is 1. The Morgan fingerprint density at radius 1 is 1.20 bits per heavy atom. The SMILES string of the molecule is O=S(=O)(Nc1ccc(Cl)nn1)c1c[nH]c2ncccc12. The number of hydrogen-bond donors (Lipinski definition) is 2. The van der Waals surface area contributed by atoms with Crippen molar-refractivity contribution in [2.45, 2.75) is 4.90 Å². The summed E-state index contributed by atoms with van der Waals surface area (Å²) in [6.45, 7) is 0. The number of nitrogens with one attached hydrogen (secondary N) is 2. The Kier molecular flexibility index (Phi) is 3.03. The zero-order chi connectivity index (χ0) is 14.2. The number of anilines is 1. The summed E-state index contributed by atoms with van der Waals surface area (Å²) in [5.41, 5.74) is 0.495. The van der Waals surface area contributed by atoms with E-state index in [-0.39, 0.29) is 15.9 Å². The van der Waals surface area contributed by atoms with Crippen LogP contribution >= 0.6 is 11.6 Å². The van der Waals surface area contributed by atoms with Crippen LogP contribution in [0.2, 0.25) is 5.15 Å². The van der Waals surface area contributed by atoms with Gasteiger partial charge in [0.1, 0.15) is 10.5 Å². The number of aromatic nitrogens is 4. The lowest BCUT2D eigenvalue weighted by Crippen LogP contribution is -2.13. The summed E-state index contributed by atoms with van der Waals surface area (Å²) < 4.78 is 26.9. The molecule has 0 bridgehead atoms. The standard InChI is InChI=1S/C11H8ClN5O2S/c12-9-3-4-10(16-15-9)17-20(18,19)8-6-14-11-7(8)2-1-5-13-11/h1-6H,(H,13,14)(H,16,17). The van der Waals surface area contributed by atoms with Gasteiger partial charge in [-0.2, -0.15) is 0 Å². The van der Waals surface area contributed by atoms with Crippen molar-refractivity contribution < 1.29 is 8.42 Å². The smallest absolute Gasteiger partial charge is 0.265 e. The van der Waals surface area contributed by atoms with E-state index in [0.29, 0.717) is 11.0 Å². The molecule has 3 heterocycles. The third-order valence-corrected chi connectivity index (χ3v) is 4.17. The van der Waals surface area contributed by atoms with Crippen LogP contribution in [0.15, 0.2) is 41.6 Å². The first kappa shape index (κ1) is 12.8. The molecule has 9 heteroatoms. The first-order valence-electron chi connectivity index (χ1n) is 5.50. The van der Waals surface area contributed by atoms with Crippen molar-refractivity contribution in [3.63, 3.8) is 0 Å². The minimum absolute atomic E-state index is 0.0904. The Balaban J connectivity index is 2.01. The Bertz CT molecular complexity index is 860. The average molecular weight is 310 g/mol. The number of rotatable bonds is 3.